The summed E-state index contributed by atoms with van der Waals surface area (Å²) >= 11 is 0. The molecule has 0 bridgehead atoms. The normalized spacial score (nSPS) is 12.6. The number of aliphatic hydroxyl groups excluding tert-OH is 1. The summed E-state index contributed by atoms with van der Waals surface area (Å²) in [6, 6.07) is 20.1. The van der Waals surface area contributed by atoms with Gasteiger partial charge in [-0.1, -0.05) is 74.5 Å². The van der Waals surface area contributed by atoms with Gasteiger partial charge in [-0.3, -0.25) is 5.01 Å². The number of rotatable bonds is 10. The zero-order chi connectivity index (χ0) is 22.9. The number of amides is 2. The Morgan fingerprint density at radius 1 is 0.935 bits per heavy atom. The highest BCUT2D eigenvalue weighted by Crippen LogP contribution is 2.18. The van der Waals surface area contributed by atoms with Crippen LogP contribution in [0.2, 0.25) is 0 Å². The molecule has 2 aromatic carbocycles. The summed E-state index contributed by atoms with van der Waals surface area (Å²) in [7, 11) is 0. The van der Waals surface area contributed by atoms with Crippen molar-refractivity contribution < 1.29 is 9.90 Å². The molecule has 5 nitrogen and oxygen atoms in total. The highest BCUT2D eigenvalue weighted by atomic mass is 16.3. The first-order valence-corrected chi connectivity index (χ1v) is 11.3. The van der Waals surface area contributed by atoms with Crippen molar-refractivity contribution in [2.75, 3.05) is 13.1 Å². The number of benzene rings is 2. The minimum Gasteiger partial charge on any atom is -0.391 e. The number of nitrogens with zero attached hydrogens (tertiary/aromatic N) is 2. The van der Waals surface area contributed by atoms with Crippen LogP contribution in [0.15, 0.2) is 60.7 Å². The lowest BCUT2D eigenvalue weighted by Crippen LogP contribution is -2.58. The fourth-order valence-corrected chi connectivity index (χ4v) is 3.42. The number of hydrazine groups is 1. The van der Waals surface area contributed by atoms with Crippen molar-refractivity contribution in [2.45, 2.75) is 65.6 Å². The molecule has 0 saturated heterocycles. The summed E-state index contributed by atoms with van der Waals surface area (Å²) in [5, 5.41) is 12.4. The van der Waals surface area contributed by atoms with Crippen molar-refractivity contribution in [1.82, 2.24) is 15.3 Å². The molecule has 2 amide bonds. The van der Waals surface area contributed by atoms with Gasteiger partial charge < -0.3 is 10.0 Å². The highest BCUT2D eigenvalue weighted by molar-refractivity contribution is 5.74. The second-order valence-corrected chi connectivity index (χ2v) is 9.57. The molecule has 0 spiro atoms. The third-order valence-electron chi connectivity index (χ3n) is 5.14. The van der Waals surface area contributed by atoms with Gasteiger partial charge in [-0.25, -0.2) is 10.2 Å². The number of hydrogen-bond donors (Lipinski definition) is 2. The molecule has 0 heterocycles. The largest absolute Gasteiger partial charge is 0.391 e. The van der Waals surface area contributed by atoms with E-state index in [0.717, 1.165) is 12.0 Å². The Labute approximate surface area is 188 Å². The van der Waals surface area contributed by atoms with Gasteiger partial charge >= 0.3 is 6.03 Å². The molecule has 2 rings (SSSR count). The summed E-state index contributed by atoms with van der Waals surface area (Å²) in [6.07, 6.45) is 0.820. The van der Waals surface area contributed by atoms with Gasteiger partial charge in [0.25, 0.3) is 0 Å². The third-order valence-corrected chi connectivity index (χ3v) is 5.14. The Hall–Kier alpha value is -2.37. The SMILES string of the molecule is CC(C)CN(NCc1ccccc1)C(=O)N(C[C@H](O)CCc1ccccc1)C(C)(C)C. The minimum atomic E-state index is -0.585. The van der Waals surface area contributed by atoms with Crippen molar-refractivity contribution in [1.29, 1.82) is 0 Å². The molecule has 0 aromatic heterocycles. The lowest BCUT2D eigenvalue weighted by molar-refractivity contribution is 0.0472. The van der Waals surface area contributed by atoms with E-state index in [2.05, 4.69) is 31.4 Å². The second-order valence-electron chi connectivity index (χ2n) is 9.57. The van der Waals surface area contributed by atoms with Crippen LogP contribution in [0.4, 0.5) is 4.79 Å². The molecule has 31 heavy (non-hydrogen) atoms. The Balaban J connectivity index is 2.06. The highest BCUT2D eigenvalue weighted by Gasteiger charge is 2.32. The van der Waals surface area contributed by atoms with Crippen molar-refractivity contribution in [2.24, 2.45) is 5.92 Å². The van der Waals surface area contributed by atoms with E-state index in [9.17, 15) is 9.90 Å². The first-order chi connectivity index (χ1) is 14.7. The van der Waals surface area contributed by atoms with E-state index in [1.807, 2.05) is 69.3 Å². The fourth-order valence-electron chi connectivity index (χ4n) is 3.42. The van der Waals surface area contributed by atoms with E-state index in [1.54, 1.807) is 9.91 Å². The molecular weight excluding hydrogens is 386 g/mol. The molecular formula is C26H39N3O2. The average molecular weight is 426 g/mol. The Morgan fingerprint density at radius 2 is 1.48 bits per heavy atom. The molecule has 5 heteroatoms. The zero-order valence-electron chi connectivity index (χ0n) is 19.7. The number of aryl methyl sites for hydroxylation is 1. The predicted octanol–water partition coefficient (Wildman–Crippen LogP) is 4.86. The first kappa shape index (κ1) is 24.9. The van der Waals surface area contributed by atoms with Gasteiger partial charge in [-0.2, -0.15) is 0 Å². The molecule has 0 aliphatic carbocycles. The van der Waals surface area contributed by atoms with Gasteiger partial charge in [0.15, 0.2) is 0 Å². The summed E-state index contributed by atoms with van der Waals surface area (Å²) in [4.78, 5) is 15.3. The van der Waals surface area contributed by atoms with E-state index in [1.165, 1.54) is 5.56 Å². The molecule has 0 aliphatic heterocycles. The molecule has 2 aromatic rings. The maximum atomic E-state index is 13.5. The number of carbonyl (C=O) groups excluding carboxylic acids is 1. The number of urea groups is 1. The molecule has 0 aliphatic rings. The van der Waals surface area contributed by atoms with Crippen LogP contribution in [0.1, 0.15) is 52.2 Å². The molecule has 1 atom stereocenters. The molecule has 0 fully saturated rings. The van der Waals surface area contributed by atoms with E-state index in [0.29, 0.717) is 32.0 Å². The molecule has 2 N–H and O–H groups in total. The second kappa shape index (κ2) is 11.9. The van der Waals surface area contributed by atoms with Crippen LogP contribution < -0.4 is 5.43 Å². The number of β-amino-alcohol motifs (C(OH)–C–C–N with tert-alkyl or cyclic N) is 1. The molecule has 170 valence electrons. The fraction of sp³-hybridized carbons (Fsp3) is 0.500. The van der Waals surface area contributed by atoms with Crippen LogP contribution in [0.3, 0.4) is 0 Å². The van der Waals surface area contributed by atoms with Crippen LogP contribution in [-0.4, -0.2) is 45.8 Å². The van der Waals surface area contributed by atoms with Gasteiger partial charge in [0, 0.05) is 25.2 Å². The lowest BCUT2D eigenvalue weighted by Gasteiger charge is -2.41. The summed E-state index contributed by atoms with van der Waals surface area (Å²) < 4.78 is 0. The predicted molar refractivity (Wildman–Crippen MR) is 127 cm³/mol. The van der Waals surface area contributed by atoms with Crippen molar-refractivity contribution in [3.8, 4) is 0 Å². The van der Waals surface area contributed by atoms with Crippen molar-refractivity contribution >= 4 is 6.03 Å². The average Bonchev–Trinajstić information content (AvgIpc) is 2.73. The van der Waals surface area contributed by atoms with Gasteiger partial charge in [0.2, 0.25) is 0 Å². The van der Waals surface area contributed by atoms with E-state index in [4.69, 9.17) is 0 Å². The topological polar surface area (TPSA) is 55.8 Å². The maximum absolute atomic E-state index is 13.5. The number of aliphatic hydroxyl groups is 1. The number of nitrogens with one attached hydrogen (secondary N) is 1. The Kier molecular flexibility index (Phi) is 9.53. The van der Waals surface area contributed by atoms with Gasteiger partial charge in [0.05, 0.1) is 6.10 Å². The number of carbonyl (C=O) groups is 1. The van der Waals surface area contributed by atoms with Crippen LogP contribution in [-0.2, 0) is 13.0 Å². The number of hydrogen-bond acceptors (Lipinski definition) is 3. The van der Waals surface area contributed by atoms with Crippen molar-refractivity contribution in [3.63, 3.8) is 0 Å². The van der Waals surface area contributed by atoms with Crippen LogP contribution >= 0.6 is 0 Å². The van der Waals surface area contributed by atoms with Crippen LogP contribution in [0.5, 0.6) is 0 Å². The quantitative estimate of drug-likeness (QED) is 0.534. The first-order valence-electron chi connectivity index (χ1n) is 11.3. The van der Waals surface area contributed by atoms with Crippen molar-refractivity contribution in [3.05, 3.63) is 71.8 Å². The minimum absolute atomic E-state index is 0.101. The van der Waals surface area contributed by atoms with Crippen LogP contribution in [0, 0.1) is 5.92 Å². The zero-order valence-corrected chi connectivity index (χ0v) is 19.7. The van der Waals surface area contributed by atoms with Gasteiger partial charge in [-0.05, 0) is 50.7 Å². The van der Waals surface area contributed by atoms with E-state index >= 15 is 0 Å². The lowest BCUT2D eigenvalue weighted by atomic mass is 10.0. The summed E-state index contributed by atoms with van der Waals surface area (Å²) in [5.74, 6) is 0.317. The Morgan fingerprint density at radius 3 is 2.00 bits per heavy atom. The summed E-state index contributed by atoms with van der Waals surface area (Å²) in [6.45, 7) is 11.7. The van der Waals surface area contributed by atoms with E-state index in [-0.39, 0.29) is 6.03 Å². The van der Waals surface area contributed by atoms with Gasteiger partial charge in [-0.15, -0.1) is 0 Å². The molecule has 0 saturated carbocycles. The maximum Gasteiger partial charge on any atom is 0.334 e. The standard InChI is InChI=1S/C26H39N3O2/c1-21(2)19-29(27-18-23-14-10-7-11-15-23)25(31)28(26(3,4)5)20-24(30)17-16-22-12-8-6-9-13-22/h6-15,21,24,27,30H,16-20H2,1-5H3/t24-/m1/s1. The van der Waals surface area contributed by atoms with Crippen LogP contribution in [0.25, 0.3) is 0 Å². The monoisotopic (exact) mass is 425 g/mol. The Bertz CT molecular complexity index is 772. The van der Waals surface area contributed by atoms with Gasteiger partial charge in [0.1, 0.15) is 0 Å². The molecule has 0 radical (unpaired) electrons. The van der Waals surface area contributed by atoms with E-state index < -0.39 is 11.6 Å². The molecule has 0 unspecified atom stereocenters. The summed E-state index contributed by atoms with van der Waals surface area (Å²) in [5.41, 5.74) is 5.22. The smallest absolute Gasteiger partial charge is 0.334 e. The third kappa shape index (κ3) is 8.72.